The number of benzene rings is 1. The molecule has 0 aliphatic carbocycles. The van der Waals surface area contributed by atoms with Crippen LogP contribution in [0.3, 0.4) is 0 Å². The molecule has 4 nitrogen and oxygen atoms in total. The molecule has 1 N–H and O–H groups in total. The van der Waals surface area contributed by atoms with Crippen LogP contribution in [0.15, 0.2) is 36.4 Å². The lowest BCUT2D eigenvalue weighted by Gasteiger charge is -2.06. The average Bonchev–Trinajstić information content (AvgIpc) is 2.34. The predicted octanol–water partition coefficient (Wildman–Crippen LogP) is 1.21. The second kappa shape index (κ2) is 6.76. The van der Waals surface area contributed by atoms with E-state index in [1.807, 2.05) is 36.4 Å². The lowest BCUT2D eigenvalue weighted by molar-refractivity contribution is -0.177. The SMILES string of the molecule is COC(=O)[C@H](O)OC/C=C/c1ccccc1. The van der Waals surface area contributed by atoms with Crippen LogP contribution in [-0.4, -0.2) is 31.1 Å². The predicted molar refractivity (Wildman–Crippen MR) is 59.5 cm³/mol. The summed E-state index contributed by atoms with van der Waals surface area (Å²) in [5, 5.41) is 9.08. The number of carbonyl (C=O) groups is 1. The van der Waals surface area contributed by atoms with E-state index in [1.165, 1.54) is 7.11 Å². The van der Waals surface area contributed by atoms with Crippen molar-refractivity contribution in [2.45, 2.75) is 6.29 Å². The van der Waals surface area contributed by atoms with Crippen LogP contribution >= 0.6 is 0 Å². The van der Waals surface area contributed by atoms with Crippen molar-refractivity contribution in [3.8, 4) is 0 Å². The first-order chi connectivity index (χ1) is 7.74. The lowest BCUT2D eigenvalue weighted by atomic mass is 10.2. The second-order valence-corrected chi connectivity index (χ2v) is 3.02. The fourth-order valence-corrected chi connectivity index (χ4v) is 1.06. The van der Waals surface area contributed by atoms with E-state index in [2.05, 4.69) is 4.74 Å². The summed E-state index contributed by atoms with van der Waals surface area (Å²) >= 11 is 0. The quantitative estimate of drug-likeness (QED) is 0.601. The maximum absolute atomic E-state index is 10.8. The first-order valence-corrected chi connectivity index (χ1v) is 4.83. The molecule has 0 amide bonds. The molecule has 1 aromatic carbocycles. The molecule has 1 aromatic rings. The molecule has 0 aliphatic rings. The Hall–Kier alpha value is -1.65. The van der Waals surface area contributed by atoms with Crippen molar-refractivity contribution in [3.63, 3.8) is 0 Å². The monoisotopic (exact) mass is 222 g/mol. The van der Waals surface area contributed by atoms with Crippen LogP contribution in [0.25, 0.3) is 6.08 Å². The molecular weight excluding hydrogens is 208 g/mol. The minimum absolute atomic E-state index is 0.144. The Kier molecular flexibility index (Phi) is 5.25. The van der Waals surface area contributed by atoms with E-state index in [0.29, 0.717) is 0 Å². The van der Waals surface area contributed by atoms with Crippen LogP contribution in [-0.2, 0) is 14.3 Å². The Morgan fingerprint density at radius 1 is 1.44 bits per heavy atom. The van der Waals surface area contributed by atoms with E-state index < -0.39 is 12.3 Å². The zero-order valence-corrected chi connectivity index (χ0v) is 9.00. The van der Waals surface area contributed by atoms with Gasteiger partial charge in [-0.2, -0.15) is 0 Å². The number of hydrogen-bond acceptors (Lipinski definition) is 4. The maximum atomic E-state index is 10.8. The number of aliphatic hydroxyl groups excluding tert-OH is 1. The smallest absolute Gasteiger partial charge is 0.363 e. The van der Waals surface area contributed by atoms with E-state index in [-0.39, 0.29) is 6.61 Å². The van der Waals surface area contributed by atoms with Crippen molar-refractivity contribution >= 4 is 12.0 Å². The number of hydrogen-bond donors (Lipinski definition) is 1. The van der Waals surface area contributed by atoms with Gasteiger partial charge in [0.15, 0.2) is 0 Å². The van der Waals surface area contributed by atoms with E-state index in [9.17, 15) is 4.79 Å². The number of methoxy groups -OCH3 is 1. The normalized spacial score (nSPS) is 12.6. The van der Waals surface area contributed by atoms with Gasteiger partial charge in [0, 0.05) is 0 Å². The highest BCUT2D eigenvalue weighted by molar-refractivity contribution is 5.72. The van der Waals surface area contributed by atoms with Crippen molar-refractivity contribution in [3.05, 3.63) is 42.0 Å². The first-order valence-electron chi connectivity index (χ1n) is 4.83. The van der Waals surface area contributed by atoms with Crippen molar-refractivity contribution in [2.24, 2.45) is 0 Å². The average molecular weight is 222 g/mol. The summed E-state index contributed by atoms with van der Waals surface area (Å²) in [6, 6.07) is 9.64. The van der Waals surface area contributed by atoms with E-state index in [1.54, 1.807) is 6.08 Å². The molecule has 4 heteroatoms. The largest absolute Gasteiger partial charge is 0.465 e. The summed E-state index contributed by atoms with van der Waals surface area (Å²) in [5.74, 6) is -0.798. The minimum Gasteiger partial charge on any atom is -0.465 e. The molecule has 1 atom stereocenters. The molecule has 0 aromatic heterocycles. The van der Waals surface area contributed by atoms with Crippen LogP contribution in [0.1, 0.15) is 5.56 Å². The van der Waals surface area contributed by atoms with Crippen molar-refractivity contribution in [2.75, 3.05) is 13.7 Å². The van der Waals surface area contributed by atoms with Gasteiger partial charge in [-0.05, 0) is 5.56 Å². The van der Waals surface area contributed by atoms with E-state index >= 15 is 0 Å². The molecule has 0 heterocycles. The number of ether oxygens (including phenoxy) is 2. The van der Waals surface area contributed by atoms with Gasteiger partial charge in [-0.3, -0.25) is 0 Å². The molecule has 0 bridgehead atoms. The van der Waals surface area contributed by atoms with Crippen LogP contribution in [0.4, 0.5) is 0 Å². The number of rotatable bonds is 5. The van der Waals surface area contributed by atoms with Gasteiger partial charge in [0.25, 0.3) is 6.29 Å². The van der Waals surface area contributed by atoms with Gasteiger partial charge in [0.1, 0.15) is 0 Å². The van der Waals surface area contributed by atoms with Crippen LogP contribution < -0.4 is 0 Å². The Bertz CT molecular complexity index is 345. The summed E-state index contributed by atoms with van der Waals surface area (Å²) in [5.41, 5.74) is 1.03. The molecule has 0 spiro atoms. The van der Waals surface area contributed by atoms with Gasteiger partial charge < -0.3 is 14.6 Å². The fourth-order valence-electron chi connectivity index (χ4n) is 1.06. The third-order valence-electron chi connectivity index (χ3n) is 1.86. The molecule has 0 saturated carbocycles. The summed E-state index contributed by atoms with van der Waals surface area (Å²) in [6.45, 7) is 0.144. The Balaban J connectivity index is 2.31. The summed E-state index contributed by atoms with van der Waals surface area (Å²) in [4.78, 5) is 10.8. The van der Waals surface area contributed by atoms with Crippen molar-refractivity contribution < 1.29 is 19.4 Å². The number of aliphatic hydroxyl groups is 1. The molecule has 86 valence electrons. The zero-order valence-electron chi connectivity index (χ0n) is 9.00. The molecule has 0 unspecified atom stereocenters. The van der Waals surface area contributed by atoms with Crippen molar-refractivity contribution in [1.29, 1.82) is 0 Å². The standard InChI is InChI=1S/C12H14O4/c1-15-11(13)12(14)16-9-5-8-10-6-3-2-4-7-10/h2-8,12,14H,9H2,1H3/b8-5+/t12-/m1/s1. The second-order valence-electron chi connectivity index (χ2n) is 3.02. The van der Waals surface area contributed by atoms with Gasteiger partial charge in [-0.25, -0.2) is 4.79 Å². The Labute approximate surface area is 94.1 Å². The highest BCUT2D eigenvalue weighted by Crippen LogP contribution is 2.01. The minimum atomic E-state index is -1.52. The summed E-state index contributed by atoms with van der Waals surface area (Å²) in [7, 11) is 1.19. The maximum Gasteiger partial charge on any atom is 0.363 e. The van der Waals surface area contributed by atoms with Crippen LogP contribution in [0, 0.1) is 0 Å². The Morgan fingerprint density at radius 3 is 2.75 bits per heavy atom. The van der Waals surface area contributed by atoms with Gasteiger partial charge in [-0.15, -0.1) is 0 Å². The highest BCUT2D eigenvalue weighted by atomic mass is 16.6. The summed E-state index contributed by atoms with van der Waals surface area (Å²) < 4.78 is 9.10. The van der Waals surface area contributed by atoms with E-state index in [0.717, 1.165) is 5.56 Å². The van der Waals surface area contributed by atoms with Gasteiger partial charge in [-0.1, -0.05) is 42.5 Å². The number of carbonyl (C=O) groups excluding carboxylic acids is 1. The molecule has 0 aliphatic heterocycles. The van der Waals surface area contributed by atoms with Gasteiger partial charge in [0.2, 0.25) is 0 Å². The highest BCUT2D eigenvalue weighted by Gasteiger charge is 2.14. The number of esters is 1. The first kappa shape index (κ1) is 12.4. The molecule has 0 fully saturated rings. The van der Waals surface area contributed by atoms with Gasteiger partial charge >= 0.3 is 5.97 Å². The van der Waals surface area contributed by atoms with Crippen LogP contribution in [0.2, 0.25) is 0 Å². The summed E-state index contributed by atoms with van der Waals surface area (Å²) in [6.07, 6.45) is 2.02. The van der Waals surface area contributed by atoms with Crippen molar-refractivity contribution in [1.82, 2.24) is 0 Å². The zero-order chi connectivity index (χ0) is 11.8. The fraction of sp³-hybridized carbons (Fsp3) is 0.250. The third kappa shape index (κ3) is 4.25. The molecule has 0 saturated heterocycles. The molecular formula is C12H14O4. The van der Waals surface area contributed by atoms with E-state index in [4.69, 9.17) is 9.84 Å². The van der Waals surface area contributed by atoms with Gasteiger partial charge in [0.05, 0.1) is 13.7 Å². The lowest BCUT2D eigenvalue weighted by Crippen LogP contribution is -2.24. The Morgan fingerprint density at radius 2 is 2.12 bits per heavy atom. The molecule has 0 radical (unpaired) electrons. The van der Waals surface area contributed by atoms with Crippen LogP contribution in [0.5, 0.6) is 0 Å². The topological polar surface area (TPSA) is 55.8 Å². The molecule has 16 heavy (non-hydrogen) atoms. The third-order valence-corrected chi connectivity index (χ3v) is 1.86. The molecule has 1 rings (SSSR count).